The zero-order valence-electron chi connectivity index (χ0n) is 12.5. The molecule has 0 aliphatic carbocycles. The molecule has 0 radical (unpaired) electrons. The van der Waals surface area contributed by atoms with Crippen LogP contribution in [0.4, 0.5) is 17.5 Å². The molecule has 3 rings (SSSR count). The fraction of sp³-hybridized carbons (Fsp3) is 0.312. The highest BCUT2D eigenvalue weighted by atomic mass is 15.3. The normalized spacial score (nSPS) is 14.5. The number of hydrogen-bond donors (Lipinski definition) is 2. The maximum atomic E-state index is 8.83. The molecule has 1 aliphatic rings. The summed E-state index contributed by atoms with van der Waals surface area (Å²) in [7, 11) is 0. The van der Waals surface area contributed by atoms with Gasteiger partial charge in [0.1, 0.15) is 5.82 Å². The highest BCUT2D eigenvalue weighted by Crippen LogP contribution is 2.19. The van der Waals surface area contributed by atoms with Crippen LogP contribution in [0.1, 0.15) is 11.3 Å². The molecule has 0 saturated carbocycles. The molecule has 2 aromatic rings. The summed E-state index contributed by atoms with van der Waals surface area (Å²) in [5, 5.41) is 15.4. The number of hydrogen-bond acceptors (Lipinski definition) is 6. The largest absolute Gasteiger partial charge is 0.340 e. The summed E-state index contributed by atoms with van der Waals surface area (Å²) in [6, 6.07) is 11.4. The van der Waals surface area contributed by atoms with Crippen molar-refractivity contribution in [2.24, 2.45) is 0 Å². The lowest BCUT2D eigenvalue weighted by Gasteiger charge is -2.27. The predicted molar refractivity (Wildman–Crippen MR) is 86.3 cm³/mol. The maximum absolute atomic E-state index is 8.83. The quantitative estimate of drug-likeness (QED) is 0.899. The molecule has 6 heteroatoms. The molecular weight excluding hydrogens is 276 g/mol. The van der Waals surface area contributed by atoms with Gasteiger partial charge in [-0.25, -0.2) is 4.98 Å². The number of nitrogens with zero attached hydrogens (tertiary/aromatic N) is 4. The van der Waals surface area contributed by atoms with Gasteiger partial charge in [-0.2, -0.15) is 10.2 Å². The number of piperazine rings is 1. The Labute approximate surface area is 129 Å². The molecule has 1 saturated heterocycles. The summed E-state index contributed by atoms with van der Waals surface area (Å²) in [5.74, 6) is 1.53. The second kappa shape index (κ2) is 6.41. The molecule has 112 valence electrons. The van der Waals surface area contributed by atoms with Gasteiger partial charge in [0, 0.05) is 43.6 Å². The van der Waals surface area contributed by atoms with Crippen LogP contribution in [-0.4, -0.2) is 36.1 Å². The Balaban J connectivity index is 1.80. The third-order valence-corrected chi connectivity index (χ3v) is 3.53. The van der Waals surface area contributed by atoms with E-state index in [1.165, 1.54) is 0 Å². The lowest BCUT2D eigenvalue weighted by molar-refractivity contribution is 0.579. The minimum atomic E-state index is 0.644. The first-order chi connectivity index (χ1) is 10.7. The van der Waals surface area contributed by atoms with E-state index in [4.69, 9.17) is 5.26 Å². The van der Waals surface area contributed by atoms with Gasteiger partial charge in [-0.15, -0.1) is 0 Å². The zero-order valence-corrected chi connectivity index (χ0v) is 12.5. The van der Waals surface area contributed by atoms with Crippen LogP contribution in [0.25, 0.3) is 0 Å². The van der Waals surface area contributed by atoms with Crippen LogP contribution in [0.5, 0.6) is 0 Å². The molecule has 22 heavy (non-hydrogen) atoms. The van der Waals surface area contributed by atoms with E-state index in [1.807, 2.05) is 25.1 Å². The average molecular weight is 294 g/mol. The third kappa shape index (κ3) is 3.32. The standard InChI is InChI=1S/C16H18N6/c1-12-10-15(20-14-4-2-13(11-17)3-5-14)21-16(19-12)22-8-6-18-7-9-22/h2-5,10,18H,6-9H2,1H3,(H,19,20,21). The van der Waals surface area contributed by atoms with Crippen molar-refractivity contribution < 1.29 is 0 Å². The van der Waals surface area contributed by atoms with Crippen LogP contribution >= 0.6 is 0 Å². The molecule has 1 aromatic carbocycles. The molecule has 2 heterocycles. The number of benzene rings is 1. The van der Waals surface area contributed by atoms with Gasteiger partial charge in [-0.05, 0) is 31.2 Å². The molecule has 0 amide bonds. The Morgan fingerprint density at radius 2 is 1.91 bits per heavy atom. The molecule has 1 aromatic heterocycles. The molecule has 0 unspecified atom stereocenters. The van der Waals surface area contributed by atoms with Crippen LogP contribution in [0.3, 0.4) is 0 Å². The molecule has 0 atom stereocenters. The first kappa shape index (κ1) is 14.3. The van der Waals surface area contributed by atoms with Crippen molar-refractivity contribution in [3.63, 3.8) is 0 Å². The van der Waals surface area contributed by atoms with Gasteiger partial charge in [-0.1, -0.05) is 0 Å². The zero-order chi connectivity index (χ0) is 15.4. The average Bonchev–Trinajstić information content (AvgIpc) is 2.56. The monoisotopic (exact) mass is 294 g/mol. The molecule has 6 nitrogen and oxygen atoms in total. The van der Waals surface area contributed by atoms with Crippen LogP contribution < -0.4 is 15.5 Å². The van der Waals surface area contributed by atoms with Gasteiger partial charge in [0.2, 0.25) is 5.95 Å². The third-order valence-electron chi connectivity index (χ3n) is 3.53. The topological polar surface area (TPSA) is 76.9 Å². The van der Waals surface area contributed by atoms with Crippen molar-refractivity contribution in [3.8, 4) is 6.07 Å². The van der Waals surface area contributed by atoms with Crippen molar-refractivity contribution in [3.05, 3.63) is 41.6 Å². The Hall–Kier alpha value is -2.65. The fourth-order valence-electron chi connectivity index (χ4n) is 2.40. The summed E-state index contributed by atoms with van der Waals surface area (Å²) in [6.45, 7) is 5.71. The van der Waals surface area contributed by atoms with Crippen molar-refractivity contribution in [2.75, 3.05) is 36.4 Å². The summed E-state index contributed by atoms with van der Waals surface area (Å²) in [6.07, 6.45) is 0. The minimum absolute atomic E-state index is 0.644. The summed E-state index contributed by atoms with van der Waals surface area (Å²) in [5.41, 5.74) is 2.48. The van der Waals surface area contributed by atoms with Gasteiger partial charge in [-0.3, -0.25) is 0 Å². The number of aromatic nitrogens is 2. The lowest BCUT2D eigenvalue weighted by atomic mass is 10.2. The molecule has 0 spiro atoms. The Morgan fingerprint density at radius 3 is 2.59 bits per heavy atom. The lowest BCUT2D eigenvalue weighted by Crippen LogP contribution is -2.44. The Bertz CT molecular complexity index is 683. The first-order valence-electron chi connectivity index (χ1n) is 7.33. The molecule has 1 fully saturated rings. The molecule has 2 N–H and O–H groups in total. The predicted octanol–water partition coefficient (Wildman–Crippen LogP) is 1.81. The maximum Gasteiger partial charge on any atom is 0.227 e. The fourth-order valence-corrected chi connectivity index (χ4v) is 2.40. The highest BCUT2D eigenvalue weighted by Gasteiger charge is 2.14. The number of aryl methyl sites for hydroxylation is 1. The van der Waals surface area contributed by atoms with Gasteiger partial charge < -0.3 is 15.5 Å². The van der Waals surface area contributed by atoms with Crippen LogP contribution in [-0.2, 0) is 0 Å². The Morgan fingerprint density at radius 1 is 1.18 bits per heavy atom. The Kier molecular flexibility index (Phi) is 4.17. The number of rotatable bonds is 3. The second-order valence-corrected chi connectivity index (χ2v) is 5.25. The van der Waals surface area contributed by atoms with Gasteiger partial charge >= 0.3 is 0 Å². The summed E-state index contributed by atoms with van der Waals surface area (Å²) in [4.78, 5) is 11.3. The second-order valence-electron chi connectivity index (χ2n) is 5.25. The van der Waals surface area contributed by atoms with E-state index in [0.29, 0.717) is 5.56 Å². The van der Waals surface area contributed by atoms with Gasteiger partial charge in [0.15, 0.2) is 0 Å². The van der Waals surface area contributed by atoms with E-state index in [-0.39, 0.29) is 0 Å². The van der Waals surface area contributed by atoms with Crippen LogP contribution in [0.15, 0.2) is 30.3 Å². The SMILES string of the molecule is Cc1cc(Nc2ccc(C#N)cc2)nc(N2CCNCC2)n1. The van der Waals surface area contributed by atoms with E-state index in [0.717, 1.165) is 49.3 Å². The van der Waals surface area contributed by atoms with Crippen molar-refractivity contribution >= 4 is 17.5 Å². The first-order valence-corrected chi connectivity index (χ1v) is 7.33. The summed E-state index contributed by atoms with van der Waals surface area (Å²) >= 11 is 0. The van der Waals surface area contributed by atoms with E-state index >= 15 is 0 Å². The highest BCUT2D eigenvalue weighted by molar-refractivity contribution is 5.58. The number of nitriles is 1. The molecular formula is C16H18N6. The minimum Gasteiger partial charge on any atom is -0.340 e. The van der Waals surface area contributed by atoms with Crippen molar-refractivity contribution in [1.29, 1.82) is 5.26 Å². The van der Waals surface area contributed by atoms with E-state index < -0.39 is 0 Å². The van der Waals surface area contributed by atoms with Crippen molar-refractivity contribution in [2.45, 2.75) is 6.92 Å². The van der Waals surface area contributed by atoms with Crippen LogP contribution in [0.2, 0.25) is 0 Å². The van der Waals surface area contributed by atoms with Gasteiger partial charge in [0.05, 0.1) is 11.6 Å². The van der Waals surface area contributed by atoms with Crippen molar-refractivity contribution in [1.82, 2.24) is 15.3 Å². The molecule has 0 bridgehead atoms. The number of nitrogens with one attached hydrogen (secondary N) is 2. The van der Waals surface area contributed by atoms with Gasteiger partial charge in [0.25, 0.3) is 0 Å². The molecule has 1 aliphatic heterocycles. The van der Waals surface area contributed by atoms with E-state index in [9.17, 15) is 0 Å². The van der Waals surface area contributed by atoms with E-state index in [1.54, 1.807) is 12.1 Å². The smallest absolute Gasteiger partial charge is 0.227 e. The van der Waals surface area contributed by atoms with E-state index in [2.05, 4.69) is 31.6 Å². The van der Waals surface area contributed by atoms with Crippen LogP contribution in [0, 0.1) is 18.3 Å². The summed E-state index contributed by atoms with van der Waals surface area (Å²) < 4.78 is 0. The number of anilines is 3.